The first-order valence-corrected chi connectivity index (χ1v) is 10.6. The van der Waals surface area contributed by atoms with Gasteiger partial charge in [0, 0.05) is 42.8 Å². The van der Waals surface area contributed by atoms with Gasteiger partial charge in [0.15, 0.2) is 0 Å². The second-order valence-electron chi connectivity index (χ2n) is 7.99. The quantitative estimate of drug-likeness (QED) is 0.634. The van der Waals surface area contributed by atoms with Gasteiger partial charge in [0.1, 0.15) is 5.82 Å². The summed E-state index contributed by atoms with van der Waals surface area (Å²) in [4.78, 5) is 31.1. The Labute approximate surface area is 186 Å². The highest BCUT2D eigenvalue weighted by molar-refractivity contribution is 6.05. The van der Waals surface area contributed by atoms with Gasteiger partial charge < -0.3 is 15.5 Å². The fourth-order valence-corrected chi connectivity index (χ4v) is 3.89. The van der Waals surface area contributed by atoms with Crippen LogP contribution in [0.15, 0.2) is 67.0 Å². The number of carbonyl (C=O) groups is 2. The molecule has 4 rings (SSSR count). The third-order valence-corrected chi connectivity index (χ3v) is 5.51. The summed E-state index contributed by atoms with van der Waals surface area (Å²) in [5.41, 5.74) is 2.99. The molecule has 0 bridgehead atoms. The van der Waals surface area contributed by atoms with Gasteiger partial charge in [-0.25, -0.2) is 4.39 Å². The molecular formula is C25H25FN4O2. The molecule has 0 radical (unpaired) electrons. The van der Waals surface area contributed by atoms with Gasteiger partial charge in [-0.3, -0.25) is 14.6 Å². The first-order chi connectivity index (χ1) is 15.5. The number of hydrogen-bond donors (Lipinski definition) is 2. The van der Waals surface area contributed by atoms with E-state index in [4.69, 9.17) is 0 Å². The lowest BCUT2D eigenvalue weighted by Gasteiger charge is -2.35. The fourth-order valence-electron chi connectivity index (χ4n) is 3.89. The van der Waals surface area contributed by atoms with Gasteiger partial charge in [-0.2, -0.15) is 0 Å². The number of pyridine rings is 1. The summed E-state index contributed by atoms with van der Waals surface area (Å²) in [5.74, 6) is -0.766. The van der Waals surface area contributed by atoms with Gasteiger partial charge >= 0.3 is 0 Å². The molecule has 0 spiro atoms. The van der Waals surface area contributed by atoms with Crippen molar-refractivity contribution in [3.63, 3.8) is 0 Å². The van der Waals surface area contributed by atoms with E-state index in [9.17, 15) is 14.0 Å². The molecule has 1 fully saturated rings. The summed E-state index contributed by atoms with van der Waals surface area (Å²) in [7, 11) is 0. The normalized spacial score (nSPS) is 15.8. The number of piperidine rings is 1. The lowest BCUT2D eigenvalue weighted by molar-refractivity contribution is 0.0932. The molecule has 32 heavy (non-hydrogen) atoms. The van der Waals surface area contributed by atoms with E-state index in [1.807, 2.05) is 17.9 Å². The zero-order valence-electron chi connectivity index (χ0n) is 17.8. The van der Waals surface area contributed by atoms with Crippen LogP contribution in [0.2, 0.25) is 0 Å². The van der Waals surface area contributed by atoms with E-state index < -0.39 is 0 Å². The molecule has 3 aromatic rings. The van der Waals surface area contributed by atoms with Gasteiger partial charge in [0.25, 0.3) is 11.8 Å². The van der Waals surface area contributed by atoms with Crippen molar-refractivity contribution in [2.45, 2.75) is 25.8 Å². The van der Waals surface area contributed by atoms with Gasteiger partial charge in [-0.15, -0.1) is 0 Å². The molecule has 1 aliphatic heterocycles. The van der Waals surface area contributed by atoms with E-state index in [1.165, 1.54) is 12.3 Å². The van der Waals surface area contributed by atoms with E-state index in [2.05, 4.69) is 15.6 Å². The lowest BCUT2D eigenvalue weighted by Crippen LogP contribution is -2.48. The van der Waals surface area contributed by atoms with Crippen LogP contribution in [0.25, 0.3) is 0 Å². The summed E-state index contributed by atoms with van der Waals surface area (Å²) in [6, 6.07) is 15.1. The molecule has 1 aliphatic rings. The molecule has 1 unspecified atom stereocenters. The van der Waals surface area contributed by atoms with Crippen molar-refractivity contribution >= 4 is 23.2 Å². The number of anilines is 2. The Bertz CT molecular complexity index is 1120. The highest BCUT2D eigenvalue weighted by atomic mass is 19.1. The Balaban J connectivity index is 1.41. The van der Waals surface area contributed by atoms with Crippen molar-refractivity contribution in [1.82, 2.24) is 10.3 Å². The molecule has 7 heteroatoms. The van der Waals surface area contributed by atoms with Crippen LogP contribution < -0.4 is 15.5 Å². The molecule has 2 amide bonds. The second kappa shape index (κ2) is 9.60. The van der Waals surface area contributed by atoms with Gasteiger partial charge in [0.2, 0.25) is 0 Å². The van der Waals surface area contributed by atoms with Crippen LogP contribution in [0, 0.1) is 12.7 Å². The average Bonchev–Trinajstić information content (AvgIpc) is 2.81. The van der Waals surface area contributed by atoms with Crippen LogP contribution in [0.1, 0.15) is 39.1 Å². The van der Waals surface area contributed by atoms with Gasteiger partial charge in [-0.05, 0) is 67.8 Å². The van der Waals surface area contributed by atoms with Crippen LogP contribution >= 0.6 is 0 Å². The van der Waals surface area contributed by atoms with E-state index >= 15 is 0 Å². The number of nitrogens with zero attached hydrogens (tertiary/aromatic N) is 2. The van der Waals surface area contributed by atoms with E-state index in [-0.39, 0.29) is 23.7 Å². The van der Waals surface area contributed by atoms with Gasteiger partial charge in [-0.1, -0.05) is 12.1 Å². The number of carbonyl (C=O) groups excluding carboxylic acids is 2. The van der Waals surface area contributed by atoms with Crippen molar-refractivity contribution in [3.8, 4) is 0 Å². The molecule has 0 saturated carbocycles. The molecule has 6 nitrogen and oxygen atoms in total. The summed E-state index contributed by atoms with van der Waals surface area (Å²) in [6.07, 6.45) is 4.77. The smallest absolute Gasteiger partial charge is 0.257 e. The highest BCUT2D eigenvalue weighted by Gasteiger charge is 2.24. The Hall–Kier alpha value is -3.74. The van der Waals surface area contributed by atoms with Crippen LogP contribution in [-0.2, 0) is 0 Å². The molecule has 1 aromatic heterocycles. The Morgan fingerprint density at radius 2 is 1.91 bits per heavy atom. The number of nitrogens with one attached hydrogen (secondary N) is 2. The zero-order valence-corrected chi connectivity index (χ0v) is 17.8. The molecule has 2 aromatic carbocycles. The first-order valence-electron chi connectivity index (χ1n) is 10.6. The standard InChI is InChI=1S/C25H25FN4O2/c1-17-9-10-22(26)23(13-17)30-12-4-8-21(16-30)29-24(31)18-5-2-7-20(14-18)28-25(32)19-6-3-11-27-15-19/h2-3,5-7,9-11,13-15,21H,4,8,12,16H2,1H3,(H,28,32)(H,29,31). The SMILES string of the molecule is Cc1ccc(F)c(N2CCCC(NC(=O)c3cccc(NC(=O)c4cccnc4)c3)C2)c1. The van der Waals surface area contributed by atoms with Crippen LogP contribution in [0.5, 0.6) is 0 Å². The third kappa shape index (κ3) is 5.11. The van der Waals surface area contributed by atoms with E-state index in [0.29, 0.717) is 29.0 Å². The number of amides is 2. The van der Waals surface area contributed by atoms with Crippen molar-refractivity contribution in [2.75, 3.05) is 23.3 Å². The average molecular weight is 432 g/mol. The minimum Gasteiger partial charge on any atom is -0.367 e. The predicted molar refractivity (Wildman–Crippen MR) is 122 cm³/mol. The zero-order chi connectivity index (χ0) is 22.5. The van der Waals surface area contributed by atoms with E-state index in [1.54, 1.807) is 48.7 Å². The number of aryl methyl sites for hydroxylation is 1. The number of halogens is 1. The topological polar surface area (TPSA) is 74.3 Å². The van der Waals surface area contributed by atoms with Gasteiger partial charge in [0.05, 0.1) is 11.3 Å². The third-order valence-electron chi connectivity index (χ3n) is 5.51. The minimum atomic E-state index is -0.293. The maximum atomic E-state index is 14.3. The molecule has 2 heterocycles. The number of benzene rings is 2. The molecule has 1 atom stereocenters. The van der Waals surface area contributed by atoms with Crippen molar-refractivity contribution in [1.29, 1.82) is 0 Å². The largest absolute Gasteiger partial charge is 0.367 e. The molecule has 0 aliphatic carbocycles. The minimum absolute atomic E-state index is 0.0928. The van der Waals surface area contributed by atoms with Crippen molar-refractivity contribution in [2.24, 2.45) is 0 Å². The molecular weight excluding hydrogens is 407 g/mol. The number of hydrogen-bond acceptors (Lipinski definition) is 4. The summed E-state index contributed by atoms with van der Waals surface area (Å²) >= 11 is 0. The van der Waals surface area contributed by atoms with Crippen LogP contribution in [-0.4, -0.2) is 35.9 Å². The fraction of sp³-hybridized carbons (Fsp3) is 0.240. The summed E-state index contributed by atoms with van der Waals surface area (Å²) < 4.78 is 14.3. The highest BCUT2D eigenvalue weighted by Crippen LogP contribution is 2.24. The van der Waals surface area contributed by atoms with Crippen LogP contribution in [0.4, 0.5) is 15.8 Å². The number of aromatic nitrogens is 1. The molecule has 1 saturated heterocycles. The maximum Gasteiger partial charge on any atom is 0.257 e. The summed E-state index contributed by atoms with van der Waals surface area (Å²) in [5, 5.41) is 5.84. The predicted octanol–water partition coefficient (Wildman–Crippen LogP) is 4.18. The van der Waals surface area contributed by atoms with Crippen molar-refractivity contribution < 1.29 is 14.0 Å². The molecule has 2 N–H and O–H groups in total. The lowest BCUT2D eigenvalue weighted by atomic mass is 10.0. The second-order valence-corrected chi connectivity index (χ2v) is 7.99. The first kappa shape index (κ1) is 21.5. The number of rotatable bonds is 5. The Kier molecular flexibility index (Phi) is 6.44. The summed E-state index contributed by atoms with van der Waals surface area (Å²) in [6.45, 7) is 3.23. The Morgan fingerprint density at radius 3 is 2.72 bits per heavy atom. The van der Waals surface area contributed by atoms with Crippen molar-refractivity contribution in [3.05, 3.63) is 89.5 Å². The van der Waals surface area contributed by atoms with Crippen LogP contribution in [0.3, 0.4) is 0 Å². The maximum absolute atomic E-state index is 14.3. The molecule has 164 valence electrons. The Morgan fingerprint density at radius 1 is 1.06 bits per heavy atom. The monoisotopic (exact) mass is 432 g/mol. The van der Waals surface area contributed by atoms with E-state index in [0.717, 1.165) is 24.9 Å².